The fraction of sp³-hybridized carbons (Fsp3) is 0.500. The second-order valence-corrected chi connectivity index (χ2v) is 4.05. The van der Waals surface area contributed by atoms with Crippen LogP contribution in [0.1, 0.15) is 22.6 Å². The maximum Gasteiger partial charge on any atom is 0.425 e. The molecule has 0 aliphatic heterocycles. The molecule has 80 valence electrons. The van der Waals surface area contributed by atoms with E-state index in [4.69, 9.17) is 5.90 Å². The van der Waals surface area contributed by atoms with Crippen LogP contribution in [-0.2, 0) is 11.0 Å². The lowest BCUT2D eigenvalue weighted by Gasteiger charge is -2.06. The van der Waals surface area contributed by atoms with Gasteiger partial charge in [0.15, 0.2) is 0 Å². The molecular formula is C8H10F3NOS. The van der Waals surface area contributed by atoms with Crippen LogP contribution in [0.15, 0.2) is 12.1 Å². The third-order valence-electron chi connectivity index (χ3n) is 1.74. The van der Waals surface area contributed by atoms with Crippen LogP contribution in [0.4, 0.5) is 13.2 Å². The van der Waals surface area contributed by atoms with Crippen LogP contribution in [-0.4, -0.2) is 6.61 Å². The third-order valence-corrected chi connectivity index (χ3v) is 3.10. The number of hydrogen-bond donors (Lipinski definition) is 1. The Balaban J connectivity index is 2.78. The molecule has 0 saturated carbocycles. The van der Waals surface area contributed by atoms with Crippen LogP contribution < -0.4 is 5.90 Å². The van der Waals surface area contributed by atoms with Gasteiger partial charge in [-0.2, -0.15) is 13.2 Å². The summed E-state index contributed by atoms with van der Waals surface area (Å²) in [6, 6.07) is 2.53. The zero-order valence-electron chi connectivity index (χ0n) is 7.47. The zero-order chi connectivity index (χ0) is 10.8. The van der Waals surface area contributed by atoms with Gasteiger partial charge in [-0.25, -0.2) is 5.90 Å². The Hall–Kier alpha value is -0.590. The summed E-state index contributed by atoms with van der Waals surface area (Å²) < 4.78 is 36.6. The average molecular weight is 225 g/mol. The maximum atomic E-state index is 12.2. The fourth-order valence-corrected chi connectivity index (χ4v) is 1.91. The molecule has 1 unspecified atom stereocenters. The van der Waals surface area contributed by atoms with Crippen molar-refractivity contribution in [3.8, 4) is 0 Å². The largest absolute Gasteiger partial charge is 0.425 e. The highest BCUT2D eigenvalue weighted by Crippen LogP contribution is 2.36. The molecule has 2 N–H and O–H groups in total. The summed E-state index contributed by atoms with van der Waals surface area (Å²) in [6.45, 7) is 1.98. The highest BCUT2D eigenvalue weighted by Gasteiger charge is 2.32. The molecule has 1 heterocycles. The van der Waals surface area contributed by atoms with E-state index in [1.165, 1.54) is 6.07 Å². The van der Waals surface area contributed by atoms with Gasteiger partial charge >= 0.3 is 6.18 Å². The number of nitrogens with two attached hydrogens (primary N) is 1. The van der Waals surface area contributed by atoms with Crippen molar-refractivity contribution in [1.29, 1.82) is 0 Å². The van der Waals surface area contributed by atoms with Crippen LogP contribution in [0.3, 0.4) is 0 Å². The minimum Gasteiger partial charge on any atom is -0.304 e. The molecule has 0 fully saturated rings. The van der Waals surface area contributed by atoms with E-state index in [1.54, 1.807) is 6.92 Å². The molecule has 0 aromatic carbocycles. The summed E-state index contributed by atoms with van der Waals surface area (Å²) in [5, 5.41) is 0. The molecule has 1 aromatic rings. The van der Waals surface area contributed by atoms with Gasteiger partial charge < -0.3 is 4.84 Å². The van der Waals surface area contributed by atoms with Crippen molar-refractivity contribution in [2.75, 3.05) is 6.61 Å². The van der Waals surface area contributed by atoms with E-state index in [-0.39, 0.29) is 12.5 Å². The summed E-state index contributed by atoms with van der Waals surface area (Å²) in [5.41, 5.74) is 0. The maximum absolute atomic E-state index is 12.2. The van der Waals surface area contributed by atoms with Gasteiger partial charge in [0.2, 0.25) is 0 Å². The van der Waals surface area contributed by atoms with Crippen LogP contribution in [0.2, 0.25) is 0 Å². The lowest BCUT2D eigenvalue weighted by atomic mass is 10.1. The summed E-state index contributed by atoms with van der Waals surface area (Å²) in [7, 11) is 0. The van der Waals surface area contributed by atoms with Crippen molar-refractivity contribution in [2.45, 2.75) is 19.0 Å². The first-order chi connectivity index (χ1) is 6.45. The number of hydrogen-bond acceptors (Lipinski definition) is 3. The first kappa shape index (κ1) is 11.5. The minimum atomic E-state index is -4.26. The topological polar surface area (TPSA) is 35.2 Å². The summed E-state index contributed by atoms with van der Waals surface area (Å²) >= 11 is 0.727. The second-order valence-electron chi connectivity index (χ2n) is 2.93. The second kappa shape index (κ2) is 4.29. The SMILES string of the molecule is CC(CON)c1ccc(C(F)(F)F)s1. The normalized spacial score (nSPS) is 14.4. The third kappa shape index (κ3) is 2.70. The Kier molecular flexibility index (Phi) is 3.52. The van der Waals surface area contributed by atoms with Crippen LogP contribution in [0.5, 0.6) is 0 Å². The molecule has 0 aliphatic rings. The van der Waals surface area contributed by atoms with E-state index >= 15 is 0 Å². The van der Waals surface area contributed by atoms with Gasteiger partial charge in [0.05, 0.1) is 6.61 Å². The summed E-state index contributed by atoms with van der Waals surface area (Å²) in [6.07, 6.45) is -4.26. The number of rotatable bonds is 3. The zero-order valence-corrected chi connectivity index (χ0v) is 8.28. The Morgan fingerprint density at radius 3 is 2.57 bits per heavy atom. The Labute approximate surface area is 83.4 Å². The van der Waals surface area contributed by atoms with Crippen LogP contribution in [0, 0.1) is 0 Å². The quantitative estimate of drug-likeness (QED) is 0.803. The first-order valence-corrected chi connectivity index (χ1v) is 4.75. The molecule has 2 nitrogen and oxygen atoms in total. The highest BCUT2D eigenvalue weighted by atomic mass is 32.1. The van der Waals surface area contributed by atoms with E-state index in [1.807, 2.05) is 0 Å². The molecule has 0 bridgehead atoms. The lowest BCUT2D eigenvalue weighted by Crippen LogP contribution is -2.07. The Morgan fingerprint density at radius 2 is 2.14 bits per heavy atom. The highest BCUT2D eigenvalue weighted by molar-refractivity contribution is 7.12. The number of alkyl halides is 3. The molecule has 1 aromatic heterocycles. The number of halogens is 3. The van der Waals surface area contributed by atoms with Crippen molar-refractivity contribution < 1.29 is 18.0 Å². The lowest BCUT2D eigenvalue weighted by molar-refractivity contribution is -0.134. The molecule has 14 heavy (non-hydrogen) atoms. The molecule has 0 radical (unpaired) electrons. The van der Waals surface area contributed by atoms with Gasteiger partial charge in [-0.1, -0.05) is 6.92 Å². The molecule has 1 rings (SSSR count). The van der Waals surface area contributed by atoms with Gasteiger partial charge in [-0.15, -0.1) is 11.3 Å². The van der Waals surface area contributed by atoms with Crippen molar-refractivity contribution in [3.63, 3.8) is 0 Å². The van der Waals surface area contributed by atoms with Crippen LogP contribution in [0.25, 0.3) is 0 Å². The fourth-order valence-electron chi connectivity index (χ4n) is 0.997. The molecule has 0 amide bonds. The van der Waals surface area contributed by atoms with Crippen LogP contribution >= 0.6 is 11.3 Å². The monoisotopic (exact) mass is 225 g/mol. The minimum absolute atomic E-state index is 0.110. The van der Waals surface area contributed by atoms with Gasteiger partial charge in [0.25, 0.3) is 0 Å². The van der Waals surface area contributed by atoms with Gasteiger partial charge in [0, 0.05) is 10.8 Å². The summed E-state index contributed by atoms with van der Waals surface area (Å²) in [4.78, 5) is 4.42. The average Bonchev–Trinajstić information content (AvgIpc) is 2.51. The molecule has 0 saturated heterocycles. The molecule has 1 atom stereocenters. The van der Waals surface area contributed by atoms with E-state index in [0.29, 0.717) is 4.88 Å². The van der Waals surface area contributed by atoms with E-state index in [2.05, 4.69) is 4.84 Å². The van der Waals surface area contributed by atoms with Gasteiger partial charge in [0.1, 0.15) is 4.88 Å². The Bertz CT molecular complexity index is 297. The van der Waals surface area contributed by atoms with E-state index < -0.39 is 11.1 Å². The van der Waals surface area contributed by atoms with E-state index in [0.717, 1.165) is 17.4 Å². The van der Waals surface area contributed by atoms with Gasteiger partial charge in [-0.3, -0.25) is 0 Å². The van der Waals surface area contributed by atoms with Crippen molar-refractivity contribution in [2.24, 2.45) is 5.90 Å². The predicted molar refractivity (Wildman–Crippen MR) is 47.9 cm³/mol. The van der Waals surface area contributed by atoms with Gasteiger partial charge in [-0.05, 0) is 12.1 Å². The Morgan fingerprint density at radius 1 is 1.50 bits per heavy atom. The summed E-state index contributed by atoms with van der Waals surface area (Å²) in [5.74, 6) is 4.73. The smallest absolute Gasteiger partial charge is 0.304 e. The first-order valence-electron chi connectivity index (χ1n) is 3.93. The molecule has 0 aliphatic carbocycles. The molecule has 6 heteroatoms. The standard InChI is InChI=1S/C8H10F3NOS/c1-5(4-13-12)6-2-3-7(14-6)8(9,10)11/h2-3,5H,4,12H2,1H3. The van der Waals surface area contributed by atoms with Crippen molar-refractivity contribution >= 4 is 11.3 Å². The van der Waals surface area contributed by atoms with Crippen molar-refractivity contribution in [3.05, 3.63) is 21.9 Å². The molecular weight excluding hydrogens is 215 g/mol. The van der Waals surface area contributed by atoms with E-state index in [9.17, 15) is 13.2 Å². The molecule has 0 spiro atoms. The predicted octanol–water partition coefficient (Wildman–Crippen LogP) is 2.76. The number of thiophene rings is 1. The van der Waals surface area contributed by atoms with Crippen molar-refractivity contribution in [1.82, 2.24) is 0 Å².